The number of nitrogens with one attached hydrogen (secondary N) is 1. The van der Waals surface area contributed by atoms with Gasteiger partial charge in [0.2, 0.25) is 0 Å². The second-order valence-corrected chi connectivity index (χ2v) is 7.65. The van der Waals surface area contributed by atoms with E-state index in [4.69, 9.17) is 4.74 Å². The molecule has 35 heavy (non-hydrogen) atoms. The van der Waals surface area contributed by atoms with E-state index >= 15 is 0 Å². The molecule has 0 saturated heterocycles. The van der Waals surface area contributed by atoms with E-state index in [0.29, 0.717) is 24.3 Å². The van der Waals surface area contributed by atoms with Crippen LogP contribution in [0, 0.1) is 10.1 Å². The van der Waals surface area contributed by atoms with Crippen molar-refractivity contribution >= 4 is 40.8 Å². The number of benzene rings is 3. The normalized spacial score (nSPS) is 12.3. The number of nitrogens with zero attached hydrogens (tertiary/aromatic N) is 2. The molecule has 0 saturated carbocycles. The zero-order valence-corrected chi connectivity index (χ0v) is 18.5. The van der Waals surface area contributed by atoms with E-state index in [1.807, 2.05) is 6.92 Å². The molecular formula is C25H19N3O7. The highest BCUT2D eigenvalue weighted by Gasteiger charge is 2.37. The molecule has 176 valence electrons. The van der Waals surface area contributed by atoms with Gasteiger partial charge in [-0.05, 0) is 61.0 Å². The number of esters is 1. The van der Waals surface area contributed by atoms with Crippen molar-refractivity contribution in [2.45, 2.75) is 13.3 Å². The maximum absolute atomic E-state index is 13.0. The fraction of sp³-hybridized carbons (Fsp3) is 0.120. The lowest BCUT2D eigenvalue weighted by Crippen LogP contribution is -2.29. The lowest BCUT2D eigenvalue weighted by Gasteiger charge is -2.14. The van der Waals surface area contributed by atoms with Gasteiger partial charge in [0.15, 0.2) is 0 Å². The number of nitro benzene ring substituents is 1. The molecule has 1 N–H and O–H groups in total. The second kappa shape index (κ2) is 9.56. The number of nitro groups is 1. The predicted molar refractivity (Wildman–Crippen MR) is 126 cm³/mol. The standard InChI is InChI=1S/C25H19N3O7/c1-2-13-35-25(32)16-5-8-18(9-6-16)27-23(30)20-12-7-17(14-21(20)24(27)31)26-22(29)15-3-10-19(11-4-15)28(33)34/h3-12,14H,2,13H2,1H3,(H,26,29). The first-order chi connectivity index (χ1) is 16.8. The molecule has 0 radical (unpaired) electrons. The average Bonchev–Trinajstić information content (AvgIpc) is 3.11. The molecule has 0 bridgehead atoms. The van der Waals surface area contributed by atoms with Gasteiger partial charge in [-0.2, -0.15) is 0 Å². The Morgan fingerprint density at radius 1 is 0.914 bits per heavy atom. The number of hydrogen-bond acceptors (Lipinski definition) is 7. The van der Waals surface area contributed by atoms with Gasteiger partial charge in [0, 0.05) is 23.4 Å². The minimum Gasteiger partial charge on any atom is -0.462 e. The van der Waals surface area contributed by atoms with Gasteiger partial charge in [-0.3, -0.25) is 24.5 Å². The van der Waals surface area contributed by atoms with Crippen LogP contribution in [0.3, 0.4) is 0 Å². The van der Waals surface area contributed by atoms with Gasteiger partial charge >= 0.3 is 5.97 Å². The topological polar surface area (TPSA) is 136 Å². The molecule has 10 nitrogen and oxygen atoms in total. The summed E-state index contributed by atoms with van der Waals surface area (Å²) in [5.41, 5.74) is 1.21. The van der Waals surface area contributed by atoms with Crippen LogP contribution in [0.2, 0.25) is 0 Å². The fourth-order valence-electron chi connectivity index (χ4n) is 3.52. The number of carbonyl (C=O) groups excluding carboxylic acids is 4. The monoisotopic (exact) mass is 473 g/mol. The molecule has 3 amide bonds. The van der Waals surface area contributed by atoms with Crippen LogP contribution in [0.15, 0.2) is 66.7 Å². The van der Waals surface area contributed by atoms with Crippen LogP contribution in [-0.2, 0) is 4.74 Å². The van der Waals surface area contributed by atoms with Crippen molar-refractivity contribution in [1.29, 1.82) is 0 Å². The van der Waals surface area contributed by atoms with E-state index < -0.39 is 28.6 Å². The van der Waals surface area contributed by atoms with Crippen LogP contribution in [0.25, 0.3) is 0 Å². The Balaban J connectivity index is 1.51. The van der Waals surface area contributed by atoms with Crippen molar-refractivity contribution in [3.8, 4) is 0 Å². The molecule has 0 unspecified atom stereocenters. The van der Waals surface area contributed by atoms with Crippen LogP contribution < -0.4 is 10.2 Å². The average molecular weight is 473 g/mol. The summed E-state index contributed by atoms with van der Waals surface area (Å²) in [5.74, 6) is -2.12. The van der Waals surface area contributed by atoms with Gasteiger partial charge in [-0.25, -0.2) is 9.69 Å². The molecule has 4 rings (SSSR count). The third-order valence-corrected chi connectivity index (χ3v) is 5.28. The maximum Gasteiger partial charge on any atom is 0.338 e. The number of anilines is 2. The van der Waals surface area contributed by atoms with Gasteiger partial charge in [0.05, 0.1) is 33.9 Å². The van der Waals surface area contributed by atoms with E-state index in [2.05, 4.69) is 5.32 Å². The Morgan fingerprint density at radius 3 is 2.17 bits per heavy atom. The lowest BCUT2D eigenvalue weighted by atomic mass is 10.1. The minimum atomic E-state index is -0.572. The highest BCUT2D eigenvalue weighted by atomic mass is 16.6. The Morgan fingerprint density at radius 2 is 1.54 bits per heavy atom. The third-order valence-electron chi connectivity index (χ3n) is 5.28. The van der Waals surface area contributed by atoms with Crippen LogP contribution in [-0.4, -0.2) is 35.2 Å². The van der Waals surface area contributed by atoms with Crippen molar-refractivity contribution in [2.24, 2.45) is 0 Å². The molecule has 3 aromatic rings. The first-order valence-electron chi connectivity index (χ1n) is 10.7. The minimum absolute atomic E-state index is 0.114. The molecule has 0 atom stereocenters. The first kappa shape index (κ1) is 23.3. The molecule has 1 aliphatic heterocycles. The Labute approximate surface area is 199 Å². The molecule has 10 heteroatoms. The molecule has 3 aromatic carbocycles. The molecule has 1 aliphatic rings. The Hall–Kier alpha value is -4.86. The Kier molecular flexibility index (Phi) is 6.36. The highest BCUT2D eigenvalue weighted by molar-refractivity contribution is 6.34. The summed E-state index contributed by atoms with van der Waals surface area (Å²) in [4.78, 5) is 61.6. The summed E-state index contributed by atoms with van der Waals surface area (Å²) in [7, 11) is 0. The predicted octanol–water partition coefficient (Wildman–Crippen LogP) is 4.21. The van der Waals surface area contributed by atoms with Crippen molar-refractivity contribution in [3.05, 3.63) is 99.1 Å². The molecule has 0 aromatic heterocycles. The van der Waals surface area contributed by atoms with Gasteiger partial charge in [-0.1, -0.05) is 6.92 Å². The number of rotatable bonds is 7. The van der Waals surface area contributed by atoms with Crippen molar-refractivity contribution in [2.75, 3.05) is 16.8 Å². The second-order valence-electron chi connectivity index (χ2n) is 7.65. The number of fused-ring (bicyclic) bond motifs is 1. The maximum atomic E-state index is 13.0. The SMILES string of the molecule is CCCOC(=O)c1ccc(N2C(=O)c3ccc(NC(=O)c4ccc([N+](=O)[O-])cc4)cc3C2=O)cc1. The van der Waals surface area contributed by atoms with Crippen molar-refractivity contribution in [3.63, 3.8) is 0 Å². The molecule has 0 fully saturated rings. The summed E-state index contributed by atoms with van der Waals surface area (Å²) in [6.07, 6.45) is 0.690. The van der Waals surface area contributed by atoms with E-state index in [-0.39, 0.29) is 28.1 Å². The number of ether oxygens (including phenoxy) is 1. The first-order valence-corrected chi connectivity index (χ1v) is 10.7. The van der Waals surface area contributed by atoms with Crippen molar-refractivity contribution in [1.82, 2.24) is 0 Å². The summed E-state index contributed by atoms with van der Waals surface area (Å²) < 4.78 is 5.08. The summed E-state index contributed by atoms with van der Waals surface area (Å²) >= 11 is 0. The van der Waals surface area contributed by atoms with Crippen LogP contribution in [0.1, 0.15) is 54.8 Å². The summed E-state index contributed by atoms with van der Waals surface area (Å²) in [6.45, 7) is 2.17. The number of imide groups is 1. The zero-order valence-electron chi connectivity index (χ0n) is 18.5. The molecule has 0 spiro atoms. The van der Waals surface area contributed by atoms with Gasteiger partial charge in [0.25, 0.3) is 23.4 Å². The summed E-state index contributed by atoms with van der Waals surface area (Å²) in [5, 5.41) is 13.4. The number of carbonyl (C=O) groups is 4. The van der Waals surface area contributed by atoms with Crippen LogP contribution in [0.4, 0.5) is 17.1 Å². The van der Waals surface area contributed by atoms with Gasteiger partial charge in [0.1, 0.15) is 0 Å². The number of amides is 3. The van der Waals surface area contributed by atoms with Crippen LogP contribution in [0.5, 0.6) is 0 Å². The third kappa shape index (κ3) is 4.62. The van der Waals surface area contributed by atoms with Gasteiger partial charge < -0.3 is 10.1 Å². The highest BCUT2D eigenvalue weighted by Crippen LogP contribution is 2.30. The largest absolute Gasteiger partial charge is 0.462 e. The van der Waals surface area contributed by atoms with Crippen LogP contribution >= 0.6 is 0 Å². The van der Waals surface area contributed by atoms with E-state index in [0.717, 1.165) is 4.90 Å². The zero-order chi connectivity index (χ0) is 25.1. The van der Waals surface area contributed by atoms with E-state index in [1.165, 1.54) is 66.7 Å². The quantitative estimate of drug-likeness (QED) is 0.235. The number of hydrogen-bond donors (Lipinski definition) is 1. The lowest BCUT2D eigenvalue weighted by molar-refractivity contribution is -0.384. The summed E-state index contributed by atoms with van der Waals surface area (Å²) in [6, 6.07) is 15.3. The fourth-order valence-corrected chi connectivity index (χ4v) is 3.52. The van der Waals surface area contributed by atoms with E-state index in [1.54, 1.807) is 0 Å². The molecule has 1 heterocycles. The van der Waals surface area contributed by atoms with Crippen molar-refractivity contribution < 1.29 is 28.8 Å². The molecule has 0 aliphatic carbocycles. The van der Waals surface area contributed by atoms with Gasteiger partial charge in [-0.15, -0.1) is 0 Å². The number of non-ortho nitro benzene ring substituents is 1. The smallest absolute Gasteiger partial charge is 0.338 e. The Bertz CT molecular complexity index is 1350. The van der Waals surface area contributed by atoms with E-state index in [9.17, 15) is 29.3 Å². The molecular weight excluding hydrogens is 454 g/mol.